The second kappa shape index (κ2) is 7.72. The summed E-state index contributed by atoms with van der Waals surface area (Å²) in [5, 5.41) is 7.18. The minimum atomic E-state index is -0.157. The van der Waals surface area contributed by atoms with Crippen molar-refractivity contribution in [3.05, 3.63) is 52.5 Å². The molecule has 126 valence electrons. The zero-order valence-electron chi connectivity index (χ0n) is 13.5. The van der Waals surface area contributed by atoms with E-state index in [-0.39, 0.29) is 11.6 Å². The van der Waals surface area contributed by atoms with Gasteiger partial charge in [-0.1, -0.05) is 6.07 Å². The van der Waals surface area contributed by atoms with E-state index >= 15 is 0 Å². The van der Waals surface area contributed by atoms with Gasteiger partial charge in [0.15, 0.2) is 0 Å². The highest BCUT2D eigenvalue weighted by molar-refractivity contribution is 5.91. The lowest BCUT2D eigenvalue weighted by Gasteiger charge is -2.09. The van der Waals surface area contributed by atoms with E-state index in [4.69, 9.17) is 0 Å². The number of hydrogen-bond donors (Lipinski definition) is 1. The van der Waals surface area contributed by atoms with Crippen LogP contribution < -0.4 is 11.0 Å². The fourth-order valence-electron chi connectivity index (χ4n) is 2.74. The highest BCUT2D eigenvalue weighted by Gasteiger charge is 2.16. The normalized spacial score (nSPS) is 13.8. The van der Waals surface area contributed by atoms with Crippen molar-refractivity contribution in [1.82, 2.24) is 24.6 Å². The summed E-state index contributed by atoms with van der Waals surface area (Å²) in [5.74, 6) is 0.727. The van der Waals surface area contributed by atoms with Crippen LogP contribution in [0.2, 0.25) is 0 Å². The van der Waals surface area contributed by atoms with Crippen molar-refractivity contribution in [2.45, 2.75) is 38.8 Å². The SMILES string of the molecule is O=C(/C=C/c1cccnc1)NCCCn1nc2n(c1=O)CCCC2. The van der Waals surface area contributed by atoms with Crippen LogP contribution in [0.1, 0.15) is 30.7 Å². The van der Waals surface area contributed by atoms with Gasteiger partial charge < -0.3 is 5.32 Å². The molecule has 0 saturated heterocycles. The van der Waals surface area contributed by atoms with Crippen molar-refractivity contribution in [3.8, 4) is 0 Å². The Morgan fingerprint density at radius 3 is 3.08 bits per heavy atom. The number of fused-ring (bicyclic) bond motifs is 1. The van der Waals surface area contributed by atoms with E-state index in [2.05, 4.69) is 15.4 Å². The van der Waals surface area contributed by atoms with Crippen LogP contribution in [0.25, 0.3) is 6.08 Å². The molecule has 3 heterocycles. The monoisotopic (exact) mass is 327 g/mol. The fraction of sp³-hybridized carbons (Fsp3) is 0.412. The maximum absolute atomic E-state index is 12.2. The first kappa shape index (κ1) is 16.2. The minimum Gasteiger partial charge on any atom is -0.352 e. The lowest BCUT2D eigenvalue weighted by molar-refractivity contribution is -0.116. The molecule has 0 unspecified atom stereocenters. The van der Waals surface area contributed by atoms with E-state index in [1.165, 1.54) is 10.8 Å². The number of aryl methyl sites for hydroxylation is 2. The third kappa shape index (κ3) is 3.98. The van der Waals surface area contributed by atoms with Gasteiger partial charge >= 0.3 is 5.69 Å². The second-order valence-electron chi connectivity index (χ2n) is 5.79. The lowest BCUT2D eigenvalue weighted by Crippen LogP contribution is -2.28. The number of carbonyl (C=O) groups is 1. The number of hydrogen-bond acceptors (Lipinski definition) is 4. The number of nitrogens with one attached hydrogen (secondary N) is 1. The number of nitrogens with zero attached hydrogens (tertiary/aromatic N) is 4. The smallest absolute Gasteiger partial charge is 0.345 e. The highest BCUT2D eigenvalue weighted by Crippen LogP contribution is 2.09. The fourth-order valence-corrected chi connectivity index (χ4v) is 2.74. The van der Waals surface area contributed by atoms with Crippen LogP contribution in [-0.4, -0.2) is 31.8 Å². The van der Waals surface area contributed by atoms with E-state index in [0.717, 1.165) is 37.2 Å². The molecule has 7 heteroatoms. The third-order valence-electron chi connectivity index (χ3n) is 3.99. The summed E-state index contributed by atoms with van der Waals surface area (Å²) in [6.07, 6.45) is 10.3. The summed E-state index contributed by atoms with van der Waals surface area (Å²) in [6.45, 7) is 1.79. The summed E-state index contributed by atoms with van der Waals surface area (Å²) in [4.78, 5) is 27.9. The highest BCUT2D eigenvalue weighted by atomic mass is 16.2. The zero-order chi connectivity index (χ0) is 16.8. The van der Waals surface area contributed by atoms with Crippen molar-refractivity contribution in [2.24, 2.45) is 0 Å². The predicted octanol–water partition coefficient (Wildman–Crippen LogP) is 0.996. The maximum Gasteiger partial charge on any atom is 0.345 e. The van der Waals surface area contributed by atoms with Gasteiger partial charge in [-0.15, -0.1) is 0 Å². The van der Waals surface area contributed by atoms with Crippen molar-refractivity contribution in [1.29, 1.82) is 0 Å². The van der Waals surface area contributed by atoms with Crippen LogP contribution in [0.5, 0.6) is 0 Å². The molecule has 0 fully saturated rings. The third-order valence-corrected chi connectivity index (χ3v) is 3.99. The molecule has 0 spiro atoms. The molecule has 1 aliphatic rings. The summed E-state index contributed by atoms with van der Waals surface area (Å²) >= 11 is 0. The van der Waals surface area contributed by atoms with E-state index in [1.807, 2.05) is 12.1 Å². The van der Waals surface area contributed by atoms with Gasteiger partial charge in [0.2, 0.25) is 5.91 Å². The molecule has 1 N–H and O–H groups in total. The van der Waals surface area contributed by atoms with Crippen molar-refractivity contribution < 1.29 is 4.79 Å². The molecule has 1 aliphatic heterocycles. The maximum atomic E-state index is 12.2. The molecule has 1 amide bonds. The molecule has 3 rings (SSSR count). The van der Waals surface area contributed by atoms with Crippen LogP contribution >= 0.6 is 0 Å². The molecule has 24 heavy (non-hydrogen) atoms. The largest absolute Gasteiger partial charge is 0.352 e. The van der Waals surface area contributed by atoms with Gasteiger partial charge in [0.05, 0.1) is 0 Å². The second-order valence-corrected chi connectivity index (χ2v) is 5.79. The van der Waals surface area contributed by atoms with Crippen molar-refractivity contribution >= 4 is 12.0 Å². The molecule has 0 saturated carbocycles. The van der Waals surface area contributed by atoms with Gasteiger partial charge in [0, 0.05) is 44.5 Å². The van der Waals surface area contributed by atoms with E-state index < -0.39 is 0 Å². The van der Waals surface area contributed by atoms with Gasteiger partial charge in [-0.2, -0.15) is 5.10 Å². The first-order chi connectivity index (χ1) is 11.7. The number of pyridine rings is 1. The predicted molar refractivity (Wildman–Crippen MR) is 90.3 cm³/mol. The molecule has 0 aromatic carbocycles. The summed E-state index contributed by atoms with van der Waals surface area (Å²) < 4.78 is 3.27. The van der Waals surface area contributed by atoms with Gasteiger partial charge in [0.25, 0.3) is 0 Å². The van der Waals surface area contributed by atoms with Crippen LogP contribution in [0.4, 0.5) is 0 Å². The number of aromatic nitrogens is 4. The van der Waals surface area contributed by atoms with Gasteiger partial charge in [-0.25, -0.2) is 9.48 Å². The van der Waals surface area contributed by atoms with E-state index in [9.17, 15) is 9.59 Å². The molecule has 2 aromatic heterocycles. The van der Waals surface area contributed by atoms with E-state index in [0.29, 0.717) is 19.5 Å². The Morgan fingerprint density at radius 2 is 2.29 bits per heavy atom. The summed E-state index contributed by atoms with van der Waals surface area (Å²) in [5.41, 5.74) is 0.843. The molecule has 2 aromatic rings. The Bertz CT molecular complexity index is 776. The molecular formula is C17H21N5O2. The zero-order valence-corrected chi connectivity index (χ0v) is 13.5. The number of carbonyl (C=O) groups excluding carboxylic acids is 1. The first-order valence-electron chi connectivity index (χ1n) is 8.26. The minimum absolute atomic E-state index is 0.0347. The molecule has 0 bridgehead atoms. The molecule has 0 atom stereocenters. The average molecular weight is 327 g/mol. The Morgan fingerprint density at radius 1 is 1.38 bits per heavy atom. The summed E-state index contributed by atoms with van der Waals surface area (Å²) in [7, 11) is 0. The number of amides is 1. The average Bonchev–Trinajstić information content (AvgIpc) is 2.94. The standard InChI is InChI=1S/C17H21N5O2/c23-16(8-7-14-5-3-9-18-13-14)19-10-4-12-22-17(24)21-11-2-1-6-15(21)20-22/h3,5,7-9,13H,1-2,4,6,10-12H2,(H,19,23)/b8-7+. The van der Waals surface area contributed by atoms with Gasteiger partial charge in [0.1, 0.15) is 5.82 Å². The topological polar surface area (TPSA) is 81.8 Å². The van der Waals surface area contributed by atoms with Gasteiger partial charge in [-0.3, -0.25) is 14.3 Å². The Hall–Kier alpha value is -2.70. The Labute approximate surface area is 140 Å². The van der Waals surface area contributed by atoms with Crippen molar-refractivity contribution in [2.75, 3.05) is 6.54 Å². The van der Waals surface area contributed by atoms with Gasteiger partial charge in [-0.05, 0) is 37.0 Å². The number of rotatable bonds is 6. The van der Waals surface area contributed by atoms with E-state index in [1.54, 1.807) is 23.0 Å². The van der Waals surface area contributed by atoms with Crippen LogP contribution in [0.3, 0.4) is 0 Å². The first-order valence-corrected chi connectivity index (χ1v) is 8.26. The Balaban J connectivity index is 1.44. The molecular weight excluding hydrogens is 306 g/mol. The van der Waals surface area contributed by atoms with Crippen LogP contribution in [0.15, 0.2) is 35.4 Å². The molecule has 7 nitrogen and oxygen atoms in total. The summed E-state index contributed by atoms with van der Waals surface area (Å²) in [6, 6.07) is 3.70. The molecule has 0 aliphatic carbocycles. The van der Waals surface area contributed by atoms with Crippen LogP contribution in [0, 0.1) is 0 Å². The lowest BCUT2D eigenvalue weighted by atomic mass is 10.2. The van der Waals surface area contributed by atoms with Crippen LogP contribution in [-0.2, 0) is 24.3 Å². The van der Waals surface area contributed by atoms with Crippen molar-refractivity contribution in [3.63, 3.8) is 0 Å². The quantitative estimate of drug-likeness (QED) is 0.634. The Kier molecular flexibility index (Phi) is 5.20. The molecule has 0 radical (unpaired) electrons.